The SMILES string of the molecule is C=CCOc1ccc(C(=C)N(C)/N=C(\C)CO)cc1. The summed E-state index contributed by atoms with van der Waals surface area (Å²) < 4.78 is 5.41. The van der Waals surface area contributed by atoms with Crippen LogP contribution in [0.2, 0.25) is 0 Å². The molecule has 4 nitrogen and oxygen atoms in total. The van der Waals surface area contributed by atoms with Crippen LogP contribution in [0.3, 0.4) is 0 Å². The molecular formula is C15H20N2O2. The van der Waals surface area contributed by atoms with Gasteiger partial charge in [-0.3, -0.25) is 5.01 Å². The molecule has 0 aliphatic heterocycles. The lowest BCUT2D eigenvalue weighted by molar-refractivity contribution is 0.352. The number of aliphatic hydroxyl groups is 1. The number of aliphatic hydroxyl groups excluding tert-OH is 1. The topological polar surface area (TPSA) is 45.1 Å². The van der Waals surface area contributed by atoms with Gasteiger partial charge in [-0.2, -0.15) is 5.10 Å². The van der Waals surface area contributed by atoms with E-state index in [9.17, 15) is 0 Å². The first-order chi connectivity index (χ1) is 9.08. The smallest absolute Gasteiger partial charge is 0.119 e. The van der Waals surface area contributed by atoms with Crippen molar-refractivity contribution >= 4 is 11.4 Å². The van der Waals surface area contributed by atoms with Crippen molar-refractivity contribution in [3.05, 3.63) is 49.1 Å². The molecule has 1 aromatic carbocycles. The Kier molecular flexibility index (Phi) is 5.82. The summed E-state index contributed by atoms with van der Waals surface area (Å²) in [6.07, 6.45) is 1.70. The third-order valence-corrected chi connectivity index (χ3v) is 2.50. The molecule has 0 radical (unpaired) electrons. The van der Waals surface area contributed by atoms with E-state index in [-0.39, 0.29) is 6.61 Å². The zero-order valence-electron chi connectivity index (χ0n) is 11.5. The van der Waals surface area contributed by atoms with Gasteiger partial charge in [-0.15, -0.1) is 0 Å². The van der Waals surface area contributed by atoms with Gasteiger partial charge in [-0.25, -0.2) is 0 Å². The monoisotopic (exact) mass is 260 g/mol. The van der Waals surface area contributed by atoms with Gasteiger partial charge in [0.05, 0.1) is 18.0 Å². The Balaban J connectivity index is 2.74. The van der Waals surface area contributed by atoms with Crippen molar-refractivity contribution in [1.82, 2.24) is 5.01 Å². The van der Waals surface area contributed by atoms with Crippen LogP contribution in [0.25, 0.3) is 5.70 Å². The van der Waals surface area contributed by atoms with E-state index in [0.29, 0.717) is 12.3 Å². The highest BCUT2D eigenvalue weighted by atomic mass is 16.5. The Labute approximate surface area is 114 Å². The molecule has 0 heterocycles. The van der Waals surface area contributed by atoms with Crippen molar-refractivity contribution in [1.29, 1.82) is 0 Å². The molecule has 0 saturated carbocycles. The average molecular weight is 260 g/mol. The van der Waals surface area contributed by atoms with Crippen LogP contribution in [0.15, 0.2) is 48.6 Å². The lowest BCUT2D eigenvalue weighted by atomic mass is 10.1. The van der Waals surface area contributed by atoms with Crippen molar-refractivity contribution in [2.24, 2.45) is 5.10 Å². The molecule has 0 aliphatic carbocycles. The third kappa shape index (κ3) is 4.60. The molecule has 0 aromatic heterocycles. The maximum Gasteiger partial charge on any atom is 0.119 e. The number of benzene rings is 1. The molecule has 4 heteroatoms. The maximum atomic E-state index is 8.94. The van der Waals surface area contributed by atoms with E-state index in [1.807, 2.05) is 24.3 Å². The minimum absolute atomic E-state index is 0.0635. The fourth-order valence-electron chi connectivity index (χ4n) is 1.43. The molecule has 0 atom stereocenters. The number of hydrogen-bond acceptors (Lipinski definition) is 4. The molecule has 1 N–H and O–H groups in total. The first kappa shape index (κ1) is 15.0. The molecule has 0 unspecified atom stereocenters. The molecule has 0 spiro atoms. The van der Waals surface area contributed by atoms with E-state index in [2.05, 4.69) is 18.3 Å². The summed E-state index contributed by atoms with van der Waals surface area (Å²) in [5.41, 5.74) is 2.33. The normalized spacial score (nSPS) is 11.0. The molecule has 1 rings (SSSR count). The standard InChI is InChI=1S/C15H20N2O2/c1-5-10-19-15-8-6-14(7-9-15)13(3)17(4)16-12(2)11-18/h5-9,18H,1,3,10-11H2,2,4H3/b16-12+. The van der Waals surface area contributed by atoms with Crippen LogP contribution >= 0.6 is 0 Å². The number of nitrogens with zero attached hydrogens (tertiary/aromatic N) is 2. The summed E-state index contributed by atoms with van der Waals surface area (Å²) >= 11 is 0. The van der Waals surface area contributed by atoms with Crippen LogP contribution < -0.4 is 4.74 Å². The Morgan fingerprint density at radius 3 is 2.58 bits per heavy atom. The fourth-order valence-corrected chi connectivity index (χ4v) is 1.43. The van der Waals surface area contributed by atoms with E-state index >= 15 is 0 Å². The molecule has 0 aliphatic rings. The molecule has 102 valence electrons. The van der Waals surface area contributed by atoms with Crippen LogP contribution in [-0.2, 0) is 0 Å². The number of rotatable bonds is 7. The summed E-state index contributed by atoms with van der Waals surface area (Å²) in [7, 11) is 1.80. The lowest BCUT2D eigenvalue weighted by Gasteiger charge is -2.17. The number of ether oxygens (including phenoxy) is 1. The van der Waals surface area contributed by atoms with Crippen LogP contribution in [0, 0.1) is 0 Å². The Hall–Kier alpha value is -2.07. The van der Waals surface area contributed by atoms with Crippen LogP contribution in [-0.4, -0.2) is 36.1 Å². The Morgan fingerprint density at radius 1 is 1.42 bits per heavy atom. The zero-order valence-corrected chi connectivity index (χ0v) is 11.5. The van der Waals surface area contributed by atoms with Gasteiger partial charge in [-0.05, 0) is 36.8 Å². The molecular weight excluding hydrogens is 240 g/mol. The van der Waals surface area contributed by atoms with Crippen molar-refractivity contribution in [3.8, 4) is 5.75 Å². The summed E-state index contributed by atoms with van der Waals surface area (Å²) in [6.45, 7) is 9.77. The molecule has 1 aromatic rings. The second kappa shape index (κ2) is 7.38. The largest absolute Gasteiger partial charge is 0.490 e. The number of hydrogen-bond donors (Lipinski definition) is 1. The Morgan fingerprint density at radius 2 is 2.05 bits per heavy atom. The summed E-state index contributed by atoms with van der Waals surface area (Å²) in [5.74, 6) is 0.786. The van der Waals surface area contributed by atoms with Crippen molar-refractivity contribution < 1.29 is 9.84 Å². The molecule has 0 bridgehead atoms. The number of hydrazone groups is 1. The Bertz CT molecular complexity index is 464. The van der Waals surface area contributed by atoms with E-state index < -0.39 is 0 Å². The highest BCUT2D eigenvalue weighted by Crippen LogP contribution is 2.20. The van der Waals surface area contributed by atoms with Gasteiger partial charge in [0.25, 0.3) is 0 Å². The summed E-state index contributed by atoms with van der Waals surface area (Å²) in [4.78, 5) is 0. The molecule has 0 saturated heterocycles. The predicted octanol–water partition coefficient (Wildman–Crippen LogP) is 2.52. The molecule has 19 heavy (non-hydrogen) atoms. The maximum absolute atomic E-state index is 8.94. The first-order valence-electron chi connectivity index (χ1n) is 6.00. The minimum atomic E-state index is -0.0635. The van der Waals surface area contributed by atoms with E-state index in [0.717, 1.165) is 17.0 Å². The van der Waals surface area contributed by atoms with Crippen molar-refractivity contribution in [3.63, 3.8) is 0 Å². The van der Waals surface area contributed by atoms with Gasteiger partial charge in [0.15, 0.2) is 0 Å². The highest BCUT2D eigenvalue weighted by Gasteiger charge is 2.04. The van der Waals surface area contributed by atoms with Crippen molar-refractivity contribution in [2.45, 2.75) is 6.92 Å². The quantitative estimate of drug-likeness (QED) is 0.465. The third-order valence-electron chi connectivity index (χ3n) is 2.50. The fraction of sp³-hybridized carbons (Fsp3) is 0.267. The second-order valence-electron chi connectivity index (χ2n) is 4.09. The first-order valence-corrected chi connectivity index (χ1v) is 6.00. The van der Waals surface area contributed by atoms with Gasteiger partial charge in [0, 0.05) is 7.05 Å². The zero-order chi connectivity index (χ0) is 14.3. The molecule has 0 fully saturated rings. The average Bonchev–Trinajstić information content (AvgIpc) is 2.44. The summed E-state index contributed by atoms with van der Waals surface area (Å²) in [5, 5.41) is 14.8. The van der Waals surface area contributed by atoms with Gasteiger partial charge in [0.1, 0.15) is 12.4 Å². The summed E-state index contributed by atoms with van der Waals surface area (Å²) in [6, 6.07) is 7.59. The lowest BCUT2D eigenvalue weighted by Crippen LogP contribution is -2.13. The van der Waals surface area contributed by atoms with Crippen LogP contribution in [0.5, 0.6) is 5.75 Å². The van der Waals surface area contributed by atoms with Crippen molar-refractivity contribution in [2.75, 3.05) is 20.3 Å². The van der Waals surface area contributed by atoms with E-state index in [4.69, 9.17) is 9.84 Å². The molecule has 0 amide bonds. The van der Waals surface area contributed by atoms with Gasteiger partial charge >= 0.3 is 0 Å². The van der Waals surface area contributed by atoms with E-state index in [1.54, 1.807) is 25.1 Å². The highest BCUT2D eigenvalue weighted by molar-refractivity contribution is 5.83. The van der Waals surface area contributed by atoms with E-state index in [1.165, 1.54) is 0 Å². The van der Waals surface area contributed by atoms with Crippen LogP contribution in [0.1, 0.15) is 12.5 Å². The van der Waals surface area contributed by atoms with Gasteiger partial charge in [0.2, 0.25) is 0 Å². The van der Waals surface area contributed by atoms with Gasteiger partial charge < -0.3 is 9.84 Å². The minimum Gasteiger partial charge on any atom is -0.490 e. The van der Waals surface area contributed by atoms with Gasteiger partial charge in [-0.1, -0.05) is 19.2 Å². The van der Waals surface area contributed by atoms with Crippen LogP contribution in [0.4, 0.5) is 0 Å². The predicted molar refractivity (Wildman–Crippen MR) is 79.1 cm³/mol. The second-order valence-corrected chi connectivity index (χ2v) is 4.09.